The highest BCUT2D eigenvalue weighted by Gasteiger charge is 2.37. The van der Waals surface area contributed by atoms with Gasteiger partial charge in [-0.2, -0.15) is 0 Å². The summed E-state index contributed by atoms with van der Waals surface area (Å²) < 4.78 is 27.2. The van der Waals surface area contributed by atoms with E-state index in [4.69, 9.17) is 5.73 Å². The summed E-state index contributed by atoms with van der Waals surface area (Å²) in [4.78, 5) is 12.0. The highest BCUT2D eigenvalue weighted by Crippen LogP contribution is 2.35. The average molecular weight is 254 g/mol. The van der Waals surface area contributed by atoms with E-state index in [1.165, 1.54) is 0 Å². The second-order valence-electron chi connectivity index (χ2n) is 4.77. The molecular weight excluding hydrogens is 238 g/mol. The topological polar surface area (TPSA) is 55.1 Å². The summed E-state index contributed by atoms with van der Waals surface area (Å²) in [6.45, 7) is 1.95. The maximum Gasteiger partial charge on any atom is 0.257 e. The third-order valence-electron chi connectivity index (χ3n) is 3.71. The molecule has 18 heavy (non-hydrogen) atoms. The lowest BCUT2D eigenvalue weighted by atomic mass is 9.74. The van der Waals surface area contributed by atoms with Crippen LogP contribution in [-0.2, 0) is 0 Å². The number of carbonyl (C=O) groups excluding carboxylic acids is 1. The number of rotatable bonds is 3. The van der Waals surface area contributed by atoms with E-state index >= 15 is 0 Å². The quantitative estimate of drug-likeness (QED) is 0.815. The van der Waals surface area contributed by atoms with Crippen LogP contribution in [0.3, 0.4) is 0 Å². The molecule has 0 unspecified atom stereocenters. The van der Waals surface area contributed by atoms with E-state index in [2.05, 4.69) is 5.32 Å². The first kappa shape index (κ1) is 12.8. The van der Waals surface area contributed by atoms with Crippen molar-refractivity contribution in [2.75, 3.05) is 5.73 Å². The number of hydrogen-bond donors (Lipinski definition) is 2. The monoisotopic (exact) mass is 254 g/mol. The zero-order chi connectivity index (χ0) is 13.3. The molecule has 0 atom stereocenters. The SMILES string of the molecule is CCC1(NC(=O)c2c(F)ccc(N)c2F)CCC1. The second kappa shape index (κ2) is 4.55. The molecule has 3 nitrogen and oxygen atoms in total. The summed E-state index contributed by atoms with van der Waals surface area (Å²) in [7, 11) is 0. The minimum atomic E-state index is -0.988. The van der Waals surface area contributed by atoms with Crippen LogP contribution in [0.4, 0.5) is 14.5 Å². The number of nitrogens with two attached hydrogens (primary N) is 1. The van der Waals surface area contributed by atoms with Gasteiger partial charge in [0.05, 0.1) is 5.69 Å². The summed E-state index contributed by atoms with van der Waals surface area (Å²) in [5.74, 6) is -2.60. The molecule has 1 aromatic carbocycles. The predicted molar refractivity (Wildman–Crippen MR) is 65.1 cm³/mol. The Kier molecular flexibility index (Phi) is 3.24. The van der Waals surface area contributed by atoms with E-state index in [0.29, 0.717) is 0 Å². The molecule has 1 aromatic rings. The van der Waals surface area contributed by atoms with Crippen LogP contribution in [-0.4, -0.2) is 11.4 Å². The van der Waals surface area contributed by atoms with Gasteiger partial charge in [0.2, 0.25) is 0 Å². The number of carbonyl (C=O) groups is 1. The van der Waals surface area contributed by atoms with Crippen molar-refractivity contribution >= 4 is 11.6 Å². The number of anilines is 1. The predicted octanol–water partition coefficient (Wildman–Crippen LogP) is 2.61. The van der Waals surface area contributed by atoms with Crippen LogP contribution in [0.25, 0.3) is 0 Å². The molecule has 0 spiro atoms. The second-order valence-corrected chi connectivity index (χ2v) is 4.77. The molecule has 0 heterocycles. The lowest BCUT2D eigenvalue weighted by Crippen LogP contribution is -2.53. The van der Waals surface area contributed by atoms with Crippen molar-refractivity contribution in [2.45, 2.75) is 38.1 Å². The molecule has 0 bridgehead atoms. The minimum Gasteiger partial charge on any atom is -0.396 e. The Balaban J connectivity index is 2.26. The van der Waals surface area contributed by atoms with Crippen LogP contribution in [0, 0.1) is 11.6 Å². The van der Waals surface area contributed by atoms with Gasteiger partial charge in [-0.3, -0.25) is 4.79 Å². The van der Waals surface area contributed by atoms with Crippen molar-refractivity contribution < 1.29 is 13.6 Å². The molecule has 1 amide bonds. The average Bonchev–Trinajstić information content (AvgIpc) is 2.29. The normalized spacial score (nSPS) is 17.1. The van der Waals surface area contributed by atoms with Crippen molar-refractivity contribution in [2.24, 2.45) is 0 Å². The van der Waals surface area contributed by atoms with Crippen molar-refractivity contribution in [1.29, 1.82) is 0 Å². The molecule has 1 saturated carbocycles. The maximum atomic E-state index is 13.7. The molecule has 0 radical (unpaired) electrons. The third kappa shape index (κ3) is 2.05. The lowest BCUT2D eigenvalue weighted by Gasteiger charge is -2.42. The molecule has 0 saturated heterocycles. The van der Waals surface area contributed by atoms with Gasteiger partial charge in [-0.25, -0.2) is 8.78 Å². The fraction of sp³-hybridized carbons (Fsp3) is 0.462. The smallest absolute Gasteiger partial charge is 0.257 e. The number of amides is 1. The van der Waals surface area contributed by atoms with Crippen LogP contribution in [0.1, 0.15) is 43.0 Å². The first-order chi connectivity index (χ1) is 8.49. The van der Waals surface area contributed by atoms with Gasteiger partial charge in [-0.1, -0.05) is 6.92 Å². The van der Waals surface area contributed by atoms with Crippen LogP contribution in [0.5, 0.6) is 0 Å². The highest BCUT2D eigenvalue weighted by molar-refractivity contribution is 5.96. The molecule has 2 rings (SSSR count). The van der Waals surface area contributed by atoms with Crippen molar-refractivity contribution in [3.63, 3.8) is 0 Å². The standard InChI is InChI=1S/C13H16F2N2O/c1-2-13(6-3-7-13)17-12(18)10-8(14)4-5-9(16)11(10)15/h4-5H,2-3,6-7,16H2,1H3,(H,17,18). The Morgan fingerprint density at radius 1 is 1.44 bits per heavy atom. The molecule has 1 aliphatic rings. The number of nitrogens with one attached hydrogen (secondary N) is 1. The van der Waals surface area contributed by atoms with E-state index in [0.717, 1.165) is 37.8 Å². The number of halogens is 2. The number of hydrogen-bond acceptors (Lipinski definition) is 2. The maximum absolute atomic E-state index is 13.7. The molecule has 98 valence electrons. The van der Waals surface area contributed by atoms with Crippen LogP contribution in [0.2, 0.25) is 0 Å². The fourth-order valence-corrected chi connectivity index (χ4v) is 2.25. The molecular formula is C13H16F2N2O. The number of nitrogen functional groups attached to an aromatic ring is 1. The van der Waals surface area contributed by atoms with Gasteiger partial charge in [0.15, 0.2) is 5.82 Å². The summed E-state index contributed by atoms with van der Waals surface area (Å²) in [5, 5.41) is 2.73. The zero-order valence-corrected chi connectivity index (χ0v) is 10.2. The minimum absolute atomic E-state index is 0.222. The van der Waals surface area contributed by atoms with E-state index < -0.39 is 23.1 Å². The Hall–Kier alpha value is -1.65. The Morgan fingerprint density at radius 3 is 2.61 bits per heavy atom. The van der Waals surface area contributed by atoms with Gasteiger partial charge in [0, 0.05) is 5.54 Å². The van der Waals surface area contributed by atoms with Crippen LogP contribution >= 0.6 is 0 Å². The Labute approximate surface area is 104 Å². The van der Waals surface area contributed by atoms with Gasteiger partial charge < -0.3 is 11.1 Å². The summed E-state index contributed by atoms with van der Waals surface area (Å²) in [6, 6.07) is 2.12. The molecule has 5 heteroatoms. The Morgan fingerprint density at radius 2 is 2.11 bits per heavy atom. The molecule has 1 aliphatic carbocycles. The molecule has 1 fully saturated rings. The highest BCUT2D eigenvalue weighted by atomic mass is 19.1. The van der Waals surface area contributed by atoms with Gasteiger partial charge in [0.25, 0.3) is 5.91 Å². The summed E-state index contributed by atoms with van der Waals surface area (Å²) in [6.07, 6.45) is 3.47. The van der Waals surface area contributed by atoms with Gasteiger partial charge in [0.1, 0.15) is 11.4 Å². The van der Waals surface area contributed by atoms with Crippen molar-refractivity contribution in [3.05, 3.63) is 29.3 Å². The molecule has 0 aliphatic heterocycles. The Bertz CT molecular complexity index is 479. The van der Waals surface area contributed by atoms with Gasteiger partial charge in [-0.05, 0) is 37.8 Å². The first-order valence-corrected chi connectivity index (χ1v) is 6.05. The van der Waals surface area contributed by atoms with E-state index in [-0.39, 0.29) is 11.2 Å². The van der Waals surface area contributed by atoms with Crippen molar-refractivity contribution in [3.8, 4) is 0 Å². The van der Waals surface area contributed by atoms with Gasteiger partial charge in [-0.15, -0.1) is 0 Å². The fourth-order valence-electron chi connectivity index (χ4n) is 2.25. The van der Waals surface area contributed by atoms with Crippen molar-refractivity contribution in [1.82, 2.24) is 5.32 Å². The lowest BCUT2D eigenvalue weighted by molar-refractivity contribution is 0.0812. The summed E-state index contributed by atoms with van der Waals surface area (Å²) in [5.41, 5.74) is 4.23. The third-order valence-corrected chi connectivity index (χ3v) is 3.71. The van der Waals surface area contributed by atoms with Crippen LogP contribution < -0.4 is 11.1 Å². The van der Waals surface area contributed by atoms with Gasteiger partial charge >= 0.3 is 0 Å². The largest absolute Gasteiger partial charge is 0.396 e. The zero-order valence-electron chi connectivity index (χ0n) is 10.2. The molecule has 0 aromatic heterocycles. The number of benzene rings is 1. The van der Waals surface area contributed by atoms with E-state index in [1.54, 1.807) is 0 Å². The first-order valence-electron chi connectivity index (χ1n) is 6.05. The summed E-state index contributed by atoms with van der Waals surface area (Å²) >= 11 is 0. The van der Waals surface area contributed by atoms with E-state index in [1.807, 2.05) is 6.92 Å². The van der Waals surface area contributed by atoms with Crippen LogP contribution in [0.15, 0.2) is 12.1 Å². The molecule has 3 N–H and O–H groups in total. The van der Waals surface area contributed by atoms with E-state index in [9.17, 15) is 13.6 Å².